The quantitative estimate of drug-likeness (QED) is 0.853. The molecule has 0 aromatic heterocycles. The highest BCUT2D eigenvalue weighted by atomic mass is 16.5. The molecular formula is C15H19NO4. The lowest BCUT2D eigenvalue weighted by atomic mass is 10.1. The predicted octanol–water partition coefficient (Wildman–Crippen LogP) is 1.82. The Balaban J connectivity index is 2.13. The van der Waals surface area contributed by atoms with Gasteiger partial charge in [-0.3, -0.25) is 4.79 Å². The van der Waals surface area contributed by atoms with E-state index in [1.165, 1.54) is 12.7 Å². The molecular weight excluding hydrogens is 258 g/mol. The van der Waals surface area contributed by atoms with Crippen molar-refractivity contribution in [3.8, 4) is 11.5 Å². The fourth-order valence-electron chi connectivity index (χ4n) is 2.24. The van der Waals surface area contributed by atoms with Gasteiger partial charge in [-0.25, -0.2) is 0 Å². The van der Waals surface area contributed by atoms with Gasteiger partial charge in [0.2, 0.25) is 0 Å². The van der Waals surface area contributed by atoms with E-state index in [1.807, 2.05) is 6.08 Å². The molecule has 1 aromatic rings. The Morgan fingerprint density at radius 3 is 2.80 bits per heavy atom. The van der Waals surface area contributed by atoms with Gasteiger partial charge in [-0.05, 0) is 24.1 Å². The molecule has 1 aliphatic heterocycles. The number of methoxy groups -OCH3 is 2. The molecule has 2 rings (SSSR count). The summed E-state index contributed by atoms with van der Waals surface area (Å²) < 4.78 is 10.1. The topological polar surface area (TPSA) is 59.0 Å². The zero-order chi connectivity index (χ0) is 14.5. The van der Waals surface area contributed by atoms with Crippen LogP contribution in [0.25, 0.3) is 0 Å². The molecule has 5 nitrogen and oxygen atoms in total. The van der Waals surface area contributed by atoms with Crippen LogP contribution in [0.4, 0.5) is 0 Å². The SMILES string of the molecule is COCC1=CCN(C(=O)c2cccc(OC)c2O)CC1. The van der Waals surface area contributed by atoms with Gasteiger partial charge < -0.3 is 19.5 Å². The Morgan fingerprint density at radius 2 is 2.20 bits per heavy atom. The molecule has 0 saturated carbocycles. The molecule has 0 fully saturated rings. The third-order valence-electron chi connectivity index (χ3n) is 3.37. The molecule has 1 amide bonds. The smallest absolute Gasteiger partial charge is 0.258 e. The fraction of sp³-hybridized carbons (Fsp3) is 0.400. The average Bonchev–Trinajstić information content (AvgIpc) is 2.48. The van der Waals surface area contributed by atoms with Crippen LogP contribution >= 0.6 is 0 Å². The molecule has 20 heavy (non-hydrogen) atoms. The summed E-state index contributed by atoms with van der Waals surface area (Å²) >= 11 is 0. The van der Waals surface area contributed by atoms with E-state index < -0.39 is 0 Å². The molecule has 0 bridgehead atoms. The van der Waals surface area contributed by atoms with Gasteiger partial charge in [0.05, 0.1) is 19.3 Å². The first-order valence-electron chi connectivity index (χ1n) is 6.49. The Bertz CT molecular complexity index is 525. The summed E-state index contributed by atoms with van der Waals surface area (Å²) in [4.78, 5) is 14.1. The lowest BCUT2D eigenvalue weighted by Crippen LogP contribution is -2.35. The number of nitrogens with zero attached hydrogens (tertiary/aromatic N) is 1. The first kappa shape index (κ1) is 14.4. The van der Waals surface area contributed by atoms with Gasteiger partial charge in [0.15, 0.2) is 11.5 Å². The van der Waals surface area contributed by atoms with Crippen LogP contribution in [-0.2, 0) is 4.74 Å². The van der Waals surface area contributed by atoms with Crippen LogP contribution in [0.1, 0.15) is 16.8 Å². The maximum Gasteiger partial charge on any atom is 0.258 e. The van der Waals surface area contributed by atoms with Gasteiger partial charge in [0.25, 0.3) is 5.91 Å². The van der Waals surface area contributed by atoms with Crippen molar-refractivity contribution >= 4 is 5.91 Å². The molecule has 0 radical (unpaired) electrons. The van der Waals surface area contributed by atoms with Crippen molar-refractivity contribution in [2.75, 3.05) is 33.9 Å². The van der Waals surface area contributed by atoms with Crippen molar-refractivity contribution < 1.29 is 19.4 Å². The van der Waals surface area contributed by atoms with E-state index in [0.717, 1.165) is 6.42 Å². The van der Waals surface area contributed by atoms with Crippen LogP contribution in [-0.4, -0.2) is 49.8 Å². The molecule has 0 spiro atoms. The number of amides is 1. The van der Waals surface area contributed by atoms with Crippen molar-refractivity contribution in [2.45, 2.75) is 6.42 Å². The number of para-hydroxylation sites is 1. The minimum atomic E-state index is -0.186. The maximum atomic E-state index is 12.4. The normalized spacial score (nSPS) is 14.9. The summed E-state index contributed by atoms with van der Waals surface area (Å²) in [5.41, 5.74) is 1.47. The zero-order valence-electron chi connectivity index (χ0n) is 11.8. The second kappa shape index (κ2) is 6.43. The Hall–Kier alpha value is -2.01. The number of ether oxygens (including phenoxy) is 2. The molecule has 1 N–H and O–H groups in total. The van der Waals surface area contributed by atoms with Crippen LogP contribution in [0.5, 0.6) is 11.5 Å². The molecule has 0 unspecified atom stereocenters. The molecule has 1 aliphatic rings. The first-order chi connectivity index (χ1) is 9.67. The van der Waals surface area contributed by atoms with Crippen LogP contribution in [0, 0.1) is 0 Å². The van der Waals surface area contributed by atoms with Gasteiger partial charge in [-0.2, -0.15) is 0 Å². The highest BCUT2D eigenvalue weighted by Crippen LogP contribution is 2.30. The van der Waals surface area contributed by atoms with Crippen LogP contribution < -0.4 is 4.74 Å². The Morgan fingerprint density at radius 1 is 1.40 bits per heavy atom. The fourth-order valence-corrected chi connectivity index (χ4v) is 2.24. The Kier molecular flexibility index (Phi) is 4.63. The van der Waals surface area contributed by atoms with E-state index >= 15 is 0 Å². The number of carbonyl (C=O) groups excluding carboxylic acids is 1. The van der Waals surface area contributed by atoms with E-state index in [0.29, 0.717) is 25.4 Å². The first-order valence-corrected chi connectivity index (χ1v) is 6.49. The molecule has 0 saturated heterocycles. The van der Waals surface area contributed by atoms with Crippen molar-refractivity contribution in [1.29, 1.82) is 0 Å². The molecule has 5 heteroatoms. The number of benzene rings is 1. The third kappa shape index (κ3) is 2.93. The van der Waals surface area contributed by atoms with Gasteiger partial charge >= 0.3 is 0 Å². The minimum Gasteiger partial charge on any atom is -0.504 e. The lowest BCUT2D eigenvalue weighted by molar-refractivity contribution is 0.0761. The highest BCUT2D eigenvalue weighted by molar-refractivity contribution is 5.97. The number of aromatic hydroxyl groups is 1. The van der Waals surface area contributed by atoms with E-state index in [9.17, 15) is 9.90 Å². The molecule has 108 valence electrons. The van der Waals surface area contributed by atoms with E-state index in [2.05, 4.69) is 0 Å². The Labute approximate surface area is 118 Å². The zero-order valence-corrected chi connectivity index (χ0v) is 11.8. The summed E-state index contributed by atoms with van der Waals surface area (Å²) in [5.74, 6) is 0.0178. The summed E-state index contributed by atoms with van der Waals surface area (Å²) in [5, 5.41) is 10.0. The average molecular weight is 277 g/mol. The van der Waals surface area contributed by atoms with Crippen molar-refractivity contribution in [3.63, 3.8) is 0 Å². The van der Waals surface area contributed by atoms with Gasteiger partial charge in [0.1, 0.15) is 0 Å². The lowest BCUT2D eigenvalue weighted by Gasteiger charge is -2.26. The minimum absolute atomic E-state index is 0.105. The summed E-state index contributed by atoms with van der Waals surface area (Å²) in [7, 11) is 3.12. The van der Waals surface area contributed by atoms with E-state index in [1.54, 1.807) is 30.2 Å². The predicted molar refractivity (Wildman–Crippen MR) is 75.1 cm³/mol. The van der Waals surface area contributed by atoms with Crippen molar-refractivity contribution in [3.05, 3.63) is 35.4 Å². The van der Waals surface area contributed by atoms with Gasteiger partial charge in [0, 0.05) is 20.2 Å². The summed E-state index contributed by atoms with van der Waals surface area (Å²) in [6.45, 7) is 1.77. The van der Waals surface area contributed by atoms with Crippen LogP contribution in [0.3, 0.4) is 0 Å². The van der Waals surface area contributed by atoms with E-state index in [4.69, 9.17) is 9.47 Å². The summed E-state index contributed by atoms with van der Waals surface area (Å²) in [6.07, 6.45) is 2.80. The largest absolute Gasteiger partial charge is 0.504 e. The van der Waals surface area contributed by atoms with Crippen LogP contribution in [0.15, 0.2) is 29.8 Å². The highest BCUT2D eigenvalue weighted by Gasteiger charge is 2.22. The molecule has 0 atom stereocenters. The number of hydrogen-bond acceptors (Lipinski definition) is 4. The molecule has 1 aromatic carbocycles. The monoisotopic (exact) mass is 277 g/mol. The standard InChI is InChI=1S/C15H19NO4/c1-19-10-11-6-8-16(9-7-11)15(18)12-4-3-5-13(20-2)14(12)17/h3-6,17H,7-10H2,1-2H3. The number of phenols is 1. The number of phenolic OH excluding ortho intramolecular Hbond substituents is 1. The number of carbonyl (C=O) groups is 1. The van der Waals surface area contributed by atoms with E-state index in [-0.39, 0.29) is 17.2 Å². The van der Waals surface area contributed by atoms with Gasteiger partial charge in [-0.1, -0.05) is 12.1 Å². The summed E-state index contributed by atoms with van der Waals surface area (Å²) in [6, 6.07) is 4.93. The maximum absolute atomic E-state index is 12.4. The van der Waals surface area contributed by atoms with Gasteiger partial charge in [-0.15, -0.1) is 0 Å². The second-order valence-electron chi connectivity index (χ2n) is 4.65. The second-order valence-corrected chi connectivity index (χ2v) is 4.65. The van der Waals surface area contributed by atoms with Crippen LogP contribution in [0.2, 0.25) is 0 Å². The third-order valence-corrected chi connectivity index (χ3v) is 3.37. The van der Waals surface area contributed by atoms with Crippen molar-refractivity contribution in [1.82, 2.24) is 4.90 Å². The molecule has 0 aliphatic carbocycles. The number of hydrogen-bond donors (Lipinski definition) is 1. The van der Waals surface area contributed by atoms with Crippen molar-refractivity contribution in [2.24, 2.45) is 0 Å². The molecule has 1 heterocycles. The number of rotatable bonds is 4.